The summed E-state index contributed by atoms with van der Waals surface area (Å²) in [5.74, 6) is -1.64. The highest BCUT2D eigenvalue weighted by Gasteiger charge is 2.36. The summed E-state index contributed by atoms with van der Waals surface area (Å²) in [4.78, 5) is -0.212. The first kappa shape index (κ1) is 15.0. The second-order valence-electron chi connectivity index (χ2n) is 4.58. The van der Waals surface area contributed by atoms with Gasteiger partial charge in [-0.3, -0.25) is 0 Å². The average Bonchev–Trinajstić information content (AvgIpc) is 2.13. The molecule has 1 aromatic rings. The van der Waals surface area contributed by atoms with Crippen LogP contribution >= 0.6 is 0 Å². The summed E-state index contributed by atoms with van der Waals surface area (Å²) in [6.45, 7) is 3.76. The molecule has 0 N–H and O–H groups in total. The zero-order valence-corrected chi connectivity index (χ0v) is 11.0. The molecule has 0 aliphatic carbocycles. The third-order valence-corrected chi connectivity index (χ3v) is 4.07. The van der Waals surface area contributed by atoms with Crippen molar-refractivity contribution >= 4 is 9.84 Å². The number of hydrogen-bond donors (Lipinski definition) is 0. The van der Waals surface area contributed by atoms with Crippen LogP contribution in [0.5, 0.6) is 0 Å². The van der Waals surface area contributed by atoms with Crippen molar-refractivity contribution in [1.82, 2.24) is 0 Å². The van der Waals surface area contributed by atoms with Gasteiger partial charge in [-0.2, -0.15) is 13.2 Å². The van der Waals surface area contributed by atoms with Gasteiger partial charge in [0, 0.05) is 0 Å². The fourth-order valence-corrected chi connectivity index (χ4v) is 3.13. The monoisotopic (exact) mass is 280 g/mol. The number of hydrogen-bond acceptors (Lipinski definition) is 2. The second-order valence-corrected chi connectivity index (χ2v) is 6.54. The Labute approximate surface area is 105 Å². The maximum atomic E-state index is 12.3. The number of alkyl halides is 3. The first-order valence-corrected chi connectivity index (χ1v) is 7.14. The maximum absolute atomic E-state index is 12.3. The van der Waals surface area contributed by atoms with Gasteiger partial charge in [0.25, 0.3) is 0 Å². The van der Waals surface area contributed by atoms with Crippen molar-refractivity contribution in [2.75, 3.05) is 5.75 Å². The second kappa shape index (κ2) is 5.30. The Hall–Kier alpha value is -1.04. The lowest BCUT2D eigenvalue weighted by molar-refractivity contribution is -0.106. The van der Waals surface area contributed by atoms with Crippen LogP contribution in [-0.4, -0.2) is 20.3 Å². The van der Waals surface area contributed by atoms with Crippen molar-refractivity contribution in [3.05, 3.63) is 29.8 Å². The van der Waals surface area contributed by atoms with E-state index < -0.39 is 21.8 Å². The molecular weight excluding hydrogens is 265 g/mol. The van der Waals surface area contributed by atoms with Crippen molar-refractivity contribution in [3.8, 4) is 0 Å². The molecule has 102 valence electrons. The minimum Gasteiger partial charge on any atom is -0.223 e. The van der Waals surface area contributed by atoms with E-state index in [1.807, 2.05) is 13.8 Å². The van der Waals surface area contributed by atoms with E-state index in [1.165, 1.54) is 12.1 Å². The summed E-state index contributed by atoms with van der Waals surface area (Å²) in [6, 6.07) is 5.86. The molecular formula is C12H15F3O2S. The van der Waals surface area contributed by atoms with Crippen LogP contribution in [0.25, 0.3) is 0 Å². The largest absolute Gasteiger partial charge is 0.403 e. The van der Waals surface area contributed by atoms with Crippen molar-refractivity contribution in [1.29, 1.82) is 0 Å². The van der Waals surface area contributed by atoms with Gasteiger partial charge >= 0.3 is 6.18 Å². The summed E-state index contributed by atoms with van der Waals surface area (Å²) in [7, 11) is -4.32. The van der Waals surface area contributed by atoms with Crippen LogP contribution in [0.1, 0.15) is 19.4 Å². The zero-order valence-electron chi connectivity index (χ0n) is 10.2. The molecule has 1 rings (SSSR count). The molecule has 0 aliphatic heterocycles. The fourth-order valence-electron chi connectivity index (χ4n) is 1.71. The third-order valence-electron chi connectivity index (χ3n) is 2.29. The molecule has 0 bridgehead atoms. The highest BCUT2D eigenvalue weighted by Crippen LogP contribution is 2.25. The minimum absolute atomic E-state index is 0.173. The van der Waals surface area contributed by atoms with Gasteiger partial charge in [-0.05, 0) is 24.0 Å². The van der Waals surface area contributed by atoms with Crippen LogP contribution < -0.4 is 0 Å². The lowest BCUT2D eigenvalue weighted by Gasteiger charge is -2.13. The van der Waals surface area contributed by atoms with E-state index in [1.54, 1.807) is 12.1 Å². The summed E-state index contributed by atoms with van der Waals surface area (Å²) in [5, 5.41) is 0. The lowest BCUT2D eigenvalue weighted by Crippen LogP contribution is -2.23. The van der Waals surface area contributed by atoms with Crippen molar-refractivity contribution in [2.45, 2.75) is 31.3 Å². The quantitative estimate of drug-likeness (QED) is 0.848. The van der Waals surface area contributed by atoms with Gasteiger partial charge < -0.3 is 0 Å². The van der Waals surface area contributed by atoms with Crippen LogP contribution in [0.15, 0.2) is 29.2 Å². The summed E-state index contributed by atoms with van der Waals surface area (Å²) < 4.78 is 60.2. The summed E-state index contributed by atoms with van der Waals surface area (Å²) in [5.41, 5.74) is 0.441. The molecule has 0 amide bonds. The predicted octanol–water partition coefficient (Wildman–Crippen LogP) is 3.22. The standard InChI is InChI=1S/C12H15F3O2S/c1-9(2)7-10-5-3-4-6-11(10)18(16,17)8-12(13,14)15/h3-6,9H,7-8H2,1-2H3. The van der Waals surface area contributed by atoms with E-state index in [0.29, 0.717) is 12.0 Å². The predicted molar refractivity (Wildman–Crippen MR) is 63.1 cm³/mol. The molecule has 2 nitrogen and oxygen atoms in total. The highest BCUT2D eigenvalue weighted by molar-refractivity contribution is 7.91. The molecule has 1 aromatic carbocycles. The van der Waals surface area contributed by atoms with Gasteiger partial charge in [0.1, 0.15) is 0 Å². The summed E-state index contributed by atoms with van der Waals surface area (Å²) in [6.07, 6.45) is -4.28. The van der Waals surface area contributed by atoms with Crippen LogP contribution in [-0.2, 0) is 16.3 Å². The first-order valence-electron chi connectivity index (χ1n) is 5.49. The van der Waals surface area contributed by atoms with E-state index in [-0.39, 0.29) is 10.8 Å². The van der Waals surface area contributed by atoms with E-state index in [4.69, 9.17) is 0 Å². The third kappa shape index (κ3) is 4.33. The molecule has 0 spiro atoms. The normalized spacial score (nSPS) is 13.0. The molecule has 0 radical (unpaired) electrons. The molecule has 0 aliphatic rings. The molecule has 0 fully saturated rings. The van der Waals surface area contributed by atoms with Crippen LogP contribution in [0.3, 0.4) is 0 Å². The number of rotatable bonds is 4. The van der Waals surface area contributed by atoms with Crippen molar-refractivity contribution in [3.63, 3.8) is 0 Å². The van der Waals surface area contributed by atoms with Crippen molar-refractivity contribution < 1.29 is 21.6 Å². The number of halogens is 3. The zero-order chi connectivity index (χ0) is 14.0. The van der Waals surface area contributed by atoms with Gasteiger partial charge in [-0.1, -0.05) is 32.0 Å². The first-order chi connectivity index (χ1) is 8.12. The van der Waals surface area contributed by atoms with Gasteiger partial charge in [0.2, 0.25) is 0 Å². The smallest absolute Gasteiger partial charge is 0.223 e. The lowest BCUT2D eigenvalue weighted by atomic mass is 10.0. The number of sulfone groups is 1. The topological polar surface area (TPSA) is 34.1 Å². The Bertz CT molecular complexity index is 504. The van der Waals surface area contributed by atoms with E-state index in [2.05, 4.69) is 0 Å². The Balaban J connectivity index is 3.16. The number of benzene rings is 1. The highest BCUT2D eigenvalue weighted by atomic mass is 32.2. The van der Waals surface area contributed by atoms with Crippen LogP contribution in [0.4, 0.5) is 13.2 Å². The molecule has 0 unspecified atom stereocenters. The average molecular weight is 280 g/mol. The summed E-state index contributed by atoms with van der Waals surface area (Å²) >= 11 is 0. The Kier molecular flexibility index (Phi) is 4.42. The maximum Gasteiger partial charge on any atom is 0.403 e. The van der Waals surface area contributed by atoms with E-state index in [0.717, 1.165) is 0 Å². The van der Waals surface area contributed by atoms with E-state index in [9.17, 15) is 21.6 Å². The molecule has 0 saturated carbocycles. The van der Waals surface area contributed by atoms with Gasteiger partial charge in [0.05, 0.1) is 4.90 Å². The Morgan fingerprint density at radius 1 is 1.17 bits per heavy atom. The van der Waals surface area contributed by atoms with E-state index >= 15 is 0 Å². The SMILES string of the molecule is CC(C)Cc1ccccc1S(=O)(=O)CC(F)(F)F. The molecule has 18 heavy (non-hydrogen) atoms. The van der Waals surface area contributed by atoms with Crippen LogP contribution in [0.2, 0.25) is 0 Å². The van der Waals surface area contributed by atoms with Gasteiger partial charge in [0.15, 0.2) is 15.6 Å². The molecule has 0 atom stereocenters. The van der Waals surface area contributed by atoms with Gasteiger partial charge in [-0.25, -0.2) is 8.42 Å². The Morgan fingerprint density at radius 2 is 1.72 bits per heavy atom. The minimum atomic E-state index is -4.72. The molecule has 0 saturated heterocycles. The van der Waals surface area contributed by atoms with Gasteiger partial charge in [-0.15, -0.1) is 0 Å². The Morgan fingerprint density at radius 3 is 2.22 bits per heavy atom. The molecule has 0 aromatic heterocycles. The van der Waals surface area contributed by atoms with Crippen molar-refractivity contribution in [2.24, 2.45) is 5.92 Å². The molecule has 0 heterocycles. The van der Waals surface area contributed by atoms with Crippen LogP contribution in [0, 0.1) is 5.92 Å². The fraction of sp³-hybridized carbons (Fsp3) is 0.500. The molecule has 6 heteroatoms.